The van der Waals surface area contributed by atoms with Gasteiger partial charge in [0.2, 0.25) is 0 Å². The first-order chi connectivity index (χ1) is 8.00. The minimum Gasteiger partial charge on any atom is -0.396 e. The molecule has 17 heavy (non-hydrogen) atoms. The van der Waals surface area contributed by atoms with E-state index in [1.165, 1.54) is 12.1 Å². The highest BCUT2D eigenvalue weighted by Gasteiger charge is 2.20. The molecule has 1 aromatic carbocycles. The number of nitrogens with one attached hydrogen (secondary N) is 1. The topological polar surface area (TPSA) is 32.3 Å². The van der Waals surface area contributed by atoms with Gasteiger partial charge in [0.05, 0.1) is 0 Å². The number of aliphatic hydroxyl groups excluding tert-OH is 1. The Morgan fingerprint density at radius 2 is 2.18 bits per heavy atom. The first kappa shape index (κ1) is 14.6. The number of hydrogen-bond acceptors (Lipinski definition) is 2. The monoisotopic (exact) mass is 303 g/mol. The van der Waals surface area contributed by atoms with Crippen LogP contribution in [0.25, 0.3) is 0 Å². The molecule has 0 aliphatic heterocycles. The summed E-state index contributed by atoms with van der Waals surface area (Å²) >= 11 is 3.40. The Bertz CT molecular complexity index is 372. The second-order valence-corrected chi connectivity index (χ2v) is 5.33. The van der Waals surface area contributed by atoms with E-state index in [0.717, 1.165) is 16.5 Å². The largest absolute Gasteiger partial charge is 0.396 e. The Hall–Kier alpha value is -0.450. The summed E-state index contributed by atoms with van der Waals surface area (Å²) in [5.41, 5.74) is 0.781. The van der Waals surface area contributed by atoms with Crippen molar-refractivity contribution >= 4 is 15.9 Å². The molecule has 0 bridgehead atoms. The lowest BCUT2D eigenvalue weighted by atomic mass is 9.94. The molecule has 1 unspecified atom stereocenters. The van der Waals surface area contributed by atoms with Crippen LogP contribution >= 0.6 is 15.9 Å². The zero-order valence-corrected chi connectivity index (χ0v) is 11.8. The molecule has 0 saturated heterocycles. The molecule has 0 aromatic heterocycles. The van der Waals surface area contributed by atoms with Gasteiger partial charge in [0.15, 0.2) is 0 Å². The Morgan fingerprint density at radius 3 is 2.76 bits per heavy atom. The molecule has 0 fully saturated rings. The molecule has 96 valence electrons. The number of hydrogen-bond donors (Lipinski definition) is 2. The van der Waals surface area contributed by atoms with Crippen LogP contribution in [0.4, 0.5) is 4.39 Å². The molecule has 2 nitrogen and oxygen atoms in total. The van der Waals surface area contributed by atoms with Crippen LogP contribution in [-0.4, -0.2) is 17.3 Å². The van der Waals surface area contributed by atoms with Crippen LogP contribution in [0.5, 0.6) is 0 Å². The van der Waals surface area contributed by atoms with Gasteiger partial charge in [0, 0.05) is 23.2 Å². The Balaban J connectivity index is 2.68. The van der Waals surface area contributed by atoms with E-state index < -0.39 is 0 Å². The van der Waals surface area contributed by atoms with Crippen LogP contribution in [0, 0.1) is 5.82 Å². The van der Waals surface area contributed by atoms with Crippen molar-refractivity contribution in [3.05, 3.63) is 34.1 Å². The van der Waals surface area contributed by atoms with Gasteiger partial charge in [0.25, 0.3) is 0 Å². The molecule has 0 saturated carbocycles. The average Bonchev–Trinajstić information content (AvgIpc) is 2.31. The molecular formula is C13H19BrFNO. The molecule has 4 heteroatoms. The van der Waals surface area contributed by atoms with Crippen LogP contribution in [0.15, 0.2) is 22.7 Å². The van der Waals surface area contributed by atoms with Gasteiger partial charge in [-0.25, -0.2) is 4.39 Å². The maximum absolute atomic E-state index is 13.1. The molecule has 1 aromatic rings. The standard InChI is InChI=1S/C13H19BrFNO/c1-3-13(2,6-7-17)16-9-10-8-11(15)4-5-12(10)14/h4-5,8,16-17H,3,6-7,9H2,1-2H3. The van der Waals surface area contributed by atoms with Crippen LogP contribution < -0.4 is 5.32 Å². The lowest BCUT2D eigenvalue weighted by Gasteiger charge is -2.29. The van der Waals surface area contributed by atoms with Crippen molar-refractivity contribution in [2.75, 3.05) is 6.61 Å². The highest BCUT2D eigenvalue weighted by atomic mass is 79.9. The minimum atomic E-state index is -0.231. The molecule has 0 heterocycles. The molecule has 2 N–H and O–H groups in total. The van der Waals surface area contributed by atoms with Crippen LogP contribution in [-0.2, 0) is 6.54 Å². The van der Waals surface area contributed by atoms with Crippen molar-refractivity contribution in [3.8, 4) is 0 Å². The summed E-state index contributed by atoms with van der Waals surface area (Å²) in [6.45, 7) is 4.88. The fraction of sp³-hybridized carbons (Fsp3) is 0.538. The fourth-order valence-electron chi connectivity index (χ4n) is 1.62. The SMILES string of the molecule is CCC(C)(CCO)NCc1cc(F)ccc1Br. The van der Waals surface area contributed by atoms with Gasteiger partial charge in [-0.05, 0) is 43.5 Å². The number of aliphatic hydroxyl groups is 1. The van der Waals surface area contributed by atoms with E-state index in [2.05, 4.69) is 35.1 Å². The summed E-state index contributed by atoms with van der Waals surface area (Å²) in [6.07, 6.45) is 1.61. The molecule has 1 atom stereocenters. The zero-order chi connectivity index (χ0) is 12.9. The molecule has 0 aliphatic carbocycles. The first-order valence-corrected chi connectivity index (χ1v) is 6.60. The Labute approximate surface area is 110 Å². The van der Waals surface area contributed by atoms with Crippen LogP contribution in [0.1, 0.15) is 32.3 Å². The summed E-state index contributed by atoms with van der Waals surface area (Å²) in [5, 5.41) is 12.4. The second-order valence-electron chi connectivity index (χ2n) is 4.48. The predicted octanol–water partition coefficient (Wildman–Crippen LogP) is 3.23. The third kappa shape index (κ3) is 4.37. The zero-order valence-electron chi connectivity index (χ0n) is 10.3. The number of halogens is 2. The summed E-state index contributed by atoms with van der Waals surface area (Å²) in [4.78, 5) is 0. The van der Waals surface area contributed by atoms with Crippen molar-refractivity contribution < 1.29 is 9.50 Å². The van der Waals surface area contributed by atoms with Crippen LogP contribution in [0.2, 0.25) is 0 Å². The van der Waals surface area contributed by atoms with E-state index in [-0.39, 0.29) is 18.0 Å². The summed E-state index contributed by atoms with van der Waals surface area (Å²) < 4.78 is 14.0. The normalized spacial score (nSPS) is 14.6. The Morgan fingerprint density at radius 1 is 1.47 bits per heavy atom. The highest BCUT2D eigenvalue weighted by molar-refractivity contribution is 9.10. The fourth-order valence-corrected chi connectivity index (χ4v) is 2.01. The van der Waals surface area contributed by atoms with E-state index in [1.807, 2.05) is 0 Å². The van der Waals surface area contributed by atoms with Gasteiger partial charge < -0.3 is 10.4 Å². The smallest absolute Gasteiger partial charge is 0.123 e. The summed E-state index contributed by atoms with van der Waals surface area (Å²) in [5.74, 6) is -0.231. The number of rotatable bonds is 6. The quantitative estimate of drug-likeness (QED) is 0.846. The lowest BCUT2D eigenvalue weighted by molar-refractivity contribution is 0.214. The molecule has 0 amide bonds. The summed E-state index contributed by atoms with van der Waals surface area (Å²) in [6, 6.07) is 4.66. The molecule has 1 rings (SSSR count). The van der Waals surface area contributed by atoms with E-state index in [1.54, 1.807) is 6.07 Å². The first-order valence-electron chi connectivity index (χ1n) is 5.80. The van der Waals surface area contributed by atoms with Crippen molar-refractivity contribution in [2.45, 2.75) is 38.8 Å². The van der Waals surface area contributed by atoms with Gasteiger partial charge >= 0.3 is 0 Å². The van der Waals surface area contributed by atoms with Gasteiger partial charge in [-0.1, -0.05) is 22.9 Å². The van der Waals surface area contributed by atoms with E-state index >= 15 is 0 Å². The van der Waals surface area contributed by atoms with Crippen molar-refractivity contribution in [2.24, 2.45) is 0 Å². The van der Waals surface area contributed by atoms with Crippen molar-refractivity contribution in [1.29, 1.82) is 0 Å². The molecule has 0 radical (unpaired) electrons. The Kier molecular flexibility index (Phi) is 5.56. The third-order valence-electron chi connectivity index (χ3n) is 3.16. The van der Waals surface area contributed by atoms with Gasteiger partial charge in [-0.15, -0.1) is 0 Å². The van der Waals surface area contributed by atoms with Gasteiger partial charge in [0.1, 0.15) is 5.82 Å². The second kappa shape index (κ2) is 6.47. The van der Waals surface area contributed by atoms with Crippen molar-refractivity contribution in [3.63, 3.8) is 0 Å². The lowest BCUT2D eigenvalue weighted by Crippen LogP contribution is -2.42. The number of benzene rings is 1. The minimum absolute atomic E-state index is 0.111. The highest BCUT2D eigenvalue weighted by Crippen LogP contribution is 2.20. The predicted molar refractivity (Wildman–Crippen MR) is 71.3 cm³/mol. The van der Waals surface area contributed by atoms with E-state index in [4.69, 9.17) is 5.11 Å². The van der Waals surface area contributed by atoms with Gasteiger partial charge in [-0.3, -0.25) is 0 Å². The third-order valence-corrected chi connectivity index (χ3v) is 3.93. The van der Waals surface area contributed by atoms with Gasteiger partial charge in [-0.2, -0.15) is 0 Å². The van der Waals surface area contributed by atoms with E-state index in [9.17, 15) is 4.39 Å². The molecule has 0 aliphatic rings. The maximum atomic E-state index is 13.1. The van der Waals surface area contributed by atoms with Crippen molar-refractivity contribution in [1.82, 2.24) is 5.32 Å². The average molecular weight is 304 g/mol. The maximum Gasteiger partial charge on any atom is 0.123 e. The molecule has 0 spiro atoms. The summed E-state index contributed by atoms with van der Waals surface area (Å²) in [7, 11) is 0. The molecular weight excluding hydrogens is 285 g/mol. The van der Waals surface area contributed by atoms with E-state index in [0.29, 0.717) is 13.0 Å². The van der Waals surface area contributed by atoms with Crippen LogP contribution in [0.3, 0.4) is 0 Å².